The summed E-state index contributed by atoms with van der Waals surface area (Å²) in [5, 5.41) is 11.5. The topological polar surface area (TPSA) is 91.8 Å². The van der Waals surface area contributed by atoms with Crippen molar-refractivity contribution in [1.29, 1.82) is 0 Å². The lowest BCUT2D eigenvalue weighted by atomic mass is 9.72. The Kier molecular flexibility index (Phi) is 8.20. The smallest absolute Gasteiger partial charge is 0.378 e. The molecule has 2 heterocycles. The van der Waals surface area contributed by atoms with Crippen LogP contribution in [0.15, 0.2) is 47.4 Å². The van der Waals surface area contributed by atoms with Crippen LogP contribution in [0.2, 0.25) is 0 Å². The first-order valence-corrected chi connectivity index (χ1v) is 17.2. The standard InChI is InChI=1S/C28H29F8NO5S2/c29-20-4-6-21(7-5-20)44(41,42)25-12-1-13-37(24(38)17-10-14-43(39,40)15-11-17)23(25)9-2-18-16-19(3-8-22(18)25)26(30,27(31,32)33)28(34,35)36/h3-8,16-17,23-24,38H,1-2,9-15H2. The Morgan fingerprint density at radius 1 is 0.909 bits per heavy atom. The minimum atomic E-state index is -6.37. The van der Waals surface area contributed by atoms with Crippen LogP contribution < -0.4 is 0 Å². The number of hydrogen-bond donors (Lipinski definition) is 1. The zero-order valence-electron chi connectivity index (χ0n) is 23.0. The van der Waals surface area contributed by atoms with Crippen molar-refractivity contribution in [3.05, 3.63) is 65.0 Å². The molecular formula is C28H29F8NO5S2. The zero-order chi connectivity index (χ0) is 32.5. The lowest BCUT2D eigenvalue weighted by Gasteiger charge is -2.54. The highest BCUT2D eigenvalue weighted by Gasteiger charge is 2.73. The summed E-state index contributed by atoms with van der Waals surface area (Å²) in [5.41, 5.74) is -7.80. The highest BCUT2D eigenvalue weighted by atomic mass is 32.2. The van der Waals surface area contributed by atoms with Crippen molar-refractivity contribution in [3.63, 3.8) is 0 Å². The van der Waals surface area contributed by atoms with E-state index in [1.165, 1.54) is 4.90 Å². The van der Waals surface area contributed by atoms with E-state index in [0.29, 0.717) is 12.1 Å². The van der Waals surface area contributed by atoms with Gasteiger partial charge in [0.15, 0.2) is 9.84 Å². The van der Waals surface area contributed by atoms with Gasteiger partial charge in [-0.15, -0.1) is 0 Å². The summed E-state index contributed by atoms with van der Waals surface area (Å²) in [5.74, 6) is -1.65. The van der Waals surface area contributed by atoms with E-state index in [-0.39, 0.29) is 72.6 Å². The molecule has 1 N–H and O–H groups in total. The van der Waals surface area contributed by atoms with Crippen LogP contribution in [0.3, 0.4) is 0 Å². The number of aliphatic hydroxyl groups is 1. The van der Waals surface area contributed by atoms with Crippen molar-refractivity contribution in [1.82, 2.24) is 4.90 Å². The number of benzene rings is 2. The molecule has 5 rings (SSSR count). The summed E-state index contributed by atoms with van der Waals surface area (Å²) >= 11 is 0. The average molecular weight is 676 g/mol. The molecule has 3 atom stereocenters. The Labute approximate surface area is 248 Å². The lowest BCUT2D eigenvalue weighted by molar-refractivity contribution is -0.348. The van der Waals surface area contributed by atoms with Gasteiger partial charge in [0, 0.05) is 24.1 Å². The van der Waals surface area contributed by atoms with E-state index in [1.807, 2.05) is 0 Å². The minimum absolute atomic E-state index is 0.109. The number of aryl methyl sites for hydroxylation is 1. The molecule has 0 bridgehead atoms. The van der Waals surface area contributed by atoms with Crippen molar-refractivity contribution in [2.75, 3.05) is 18.1 Å². The Balaban J connectivity index is 1.67. The maximum Gasteiger partial charge on any atom is 0.435 e. The first-order valence-electron chi connectivity index (χ1n) is 13.9. The Bertz CT molecular complexity index is 1600. The van der Waals surface area contributed by atoms with Crippen molar-refractivity contribution >= 4 is 19.7 Å². The second kappa shape index (κ2) is 10.9. The largest absolute Gasteiger partial charge is 0.435 e. The Morgan fingerprint density at radius 2 is 1.50 bits per heavy atom. The summed E-state index contributed by atoms with van der Waals surface area (Å²) in [6.45, 7) is 0.179. The van der Waals surface area contributed by atoms with E-state index < -0.39 is 72.0 Å². The number of hydrogen-bond acceptors (Lipinski definition) is 6. The first kappa shape index (κ1) is 33.1. The van der Waals surface area contributed by atoms with E-state index in [2.05, 4.69) is 0 Å². The van der Waals surface area contributed by atoms with Crippen molar-refractivity contribution in [2.45, 2.75) is 78.5 Å². The fraction of sp³-hybridized carbons (Fsp3) is 0.571. The summed E-state index contributed by atoms with van der Waals surface area (Å²) in [4.78, 5) is 1.17. The maximum atomic E-state index is 15.0. The molecule has 2 saturated heterocycles. The Hall–Kier alpha value is -2.30. The number of sulfone groups is 2. The SMILES string of the molecule is O=S1(=O)CCC(C(O)N2CCCC3(S(=O)(=O)c4ccc(F)cc4)c4ccc(C(F)(C(F)(F)F)C(F)(F)F)cc4CCC23)CC1. The van der Waals surface area contributed by atoms with Gasteiger partial charge in [-0.05, 0) is 73.9 Å². The van der Waals surface area contributed by atoms with E-state index in [9.17, 15) is 52.7 Å². The number of halogens is 8. The Morgan fingerprint density at radius 3 is 2.07 bits per heavy atom. The average Bonchev–Trinajstić information content (AvgIpc) is 2.94. The first-order chi connectivity index (χ1) is 20.3. The summed E-state index contributed by atoms with van der Waals surface area (Å²) in [6.07, 6.45) is -14.2. The number of nitrogens with zero attached hydrogens (tertiary/aromatic N) is 1. The quantitative estimate of drug-likeness (QED) is 0.340. The number of fused-ring (bicyclic) bond motifs is 3. The van der Waals surface area contributed by atoms with Crippen LogP contribution in [-0.4, -0.2) is 69.5 Å². The van der Waals surface area contributed by atoms with Crippen LogP contribution in [0.4, 0.5) is 35.1 Å². The van der Waals surface area contributed by atoms with Crippen LogP contribution >= 0.6 is 0 Å². The normalized spacial score (nSPS) is 26.1. The molecule has 3 unspecified atom stereocenters. The number of alkyl halides is 7. The monoisotopic (exact) mass is 675 g/mol. The molecule has 6 nitrogen and oxygen atoms in total. The minimum Gasteiger partial charge on any atom is -0.378 e. The summed E-state index contributed by atoms with van der Waals surface area (Å²) in [6, 6.07) is 4.24. The van der Waals surface area contributed by atoms with Crippen LogP contribution in [0.1, 0.15) is 48.8 Å². The molecular weight excluding hydrogens is 646 g/mol. The van der Waals surface area contributed by atoms with Crippen molar-refractivity contribution in [2.24, 2.45) is 5.92 Å². The maximum absolute atomic E-state index is 15.0. The third-order valence-corrected chi connectivity index (χ3v) is 13.6. The molecule has 1 aliphatic carbocycles. The fourth-order valence-electron chi connectivity index (χ4n) is 7.11. The highest BCUT2D eigenvalue weighted by molar-refractivity contribution is 7.92. The fourth-order valence-corrected chi connectivity index (χ4v) is 11.1. The van der Waals surface area contributed by atoms with Gasteiger partial charge in [-0.1, -0.05) is 18.2 Å². The van der Waals surface area contributed by atoms with Gasteiger partial charge < -0.3 is 5.11 Å². The van der Waals surface area contributed by atoms with Crippen LogP contribution in [0.5, 0.6) is 0 Å². The summed E-state index contributed by atoms with van der Waals surface area (Å²) in [7, 11) is -7.89. The van der Waals surface area contributed by atoms with Crippen LogP contribution in [0.25, 0.3) is 0 Å². The van der Waals surface area contributed by atoms with Gasteiger partial charge in [0.25, 0.3) is 0 Å². The molecule has 2 fully saturated rings. The third kappa shape index (κ3) is 5.13. The van der Waals surface area contributed by atoms with E-state index in [0.717, 1.165) is 30.3 Å². The van der Waals surface area contributed by atoms with E-state index in [4.69, 9.17) is 0 Å². The van der Waals surface area contributed by atoms with Crippen molar-refractivity contribution < 1.29 is 57.1 Å². The molecule has 0 aromatic heterocycles. The zero-order valence-corrected chi connectivity index (χ0v) is 24.6. The van der Waals surface area contributed by atoms with Gasteiger partial charge >= 0.3 is 18.0 Å². The number of rotatable bonds is 5. The van der Waals surface area contributed by atoms with E-state index >= 15 is 4.39 Å². The molecule has 0 amide bonds. The van der Waals surface area contributed by atoms with Crippen molar-refractivity contribution in [3.8, 4) is 0 Å². The second-order valence-electron chi connectivity index (χ2n) is 11.7. The molecule has 2 aromatic rings. The molecule has 2 aromatic carbocycles. The van der Waals surface area contributed by atoms with Crippen LogP contribution in [-0.2, 0) is 36.5 Å². The number of likely N-dealkylation sites (tertiary alicyclic amines) is 1. The molecule has 3 aliphatic rings. The molecule has 0 spiro atoms. The predicted octanol–water partition coefficient (Wildman–Crippen LogP) is 5.34. The number of piperidine rings is 1. The predicted molar refractivity (Wildman–Crippen MR) is 142 cm³/mol. The van der Waals surface area contributed by atoms with Gasteiger partial charge in [-0.25, -0.2) is 25.6 Å². The lowest BCUT2D eigenvalue weighted by Crippen LogP contribution is -2.64. The van der Waals surface area contributed by atoms with Crippen LogP contribution in [0, 0.1) is 11.7 Å². The molecule has 0 saturated carbocycles. The van der Waals surface area contributed by atoms with Gasteiger partial charge in [-0.3, -0.25) is 4.90 Å². The molecule has 44 heavy (non-hydrogen) atoms. The number of aliphatic hydroxyl groups excluding tert-OH is 1. The molecule has 2 aliphatic heterocycles. The van der Waals surface area contributed by atoms with Gasteiger partial charge in [0.05, 0.1) is 16.4 Å². The molecule has 16 heteroatoms. The molecule has 244 valence electrons. The van der Waals surface area contributed by atoms with Gasteiger partial charge in [0.1, 0.15) is 26.6 Å². The third-order valence-electron chi connectivity index (χ3n) is 9.29. The van der Waals surface area contributed by atoms with Gasteiger partial charge in [-0.2, -0.15) is 26.3 Å². The van der Waals surface area contributed by atoms with Gasteiger partial charge in [0.2, 0.25) is 0 Å². The second-order valence-corrected chi connectivity index (χ2v) is 16.2. The molecule has 0 radical (unpaired) electrons. The highest BCUT2D eigenvalue weighted by Crippen LogP contribution is 2.56. The summed E-state index contributed by atoms with van der Waals surface area (Å²) < 4.78 is 161. The van der Waals surface area contributed by atoms with E-state index in [1.54, 1.807) is 0 Å².